The van der Waals surface area contributed by atoms with Crippen molar-refractivity contribution in [3.05, 3.63) is 39.9 Å². The monoisotopic (exact) mass is 286 g/mol. The molecule has 0 heterocycles. The van der Waals surface area contributed by atoms with Gasteiger partial charge in [0.1, 0.15) is 5.69 Å². The van der Waals surface area contributed by atoms with E-state index in [0.29, 0.717) is 5.75 Å². The third-order valence-electron chi connectivity index (χ3n) is 1.91. The van der Waals surface area contributed by atoms with Crippen LogP contribution in [0.1, 0.15) is 6.92 Å². The quantitative estimate of drug-likeness (QED) is 0.511. The number of hydrogen-bond acceptors (Lipinski definition) is 4. The zero-order valence-corrected chi connectivity index (χ0v) is 11.1. The average molecular weight is 287 g/mol. The van der Waals surface area contributed by atoms with E-state index in [4.69, 9.17) is 11.6 Å². The van der Waals surface area contributed by atoms with Crippen LogP contribution in [0.25, 0.3) is 0 Å². The lowest BCUT2D eigenvalue weighted by atomic mass is 10.2. The fourth-order valence-electron chi connectivity index (χ4n) is 1.23. The minimum Gasteiger partial charge on any atom is -0.321 e. The summed E-state index contributed by atoms with van der Waals surface area (Å²) < 4.78 is 0. The molecule has 0 fully saturated rings. The molecule has 0 spiro atoms. The van der Waals surface area contributed by atoms with Crippen molar-refractivity contribution in [1.82, 2.24) is 0 Å². The Morgan fingerprint density at radius 2 is 2.33 bits per heavy atom. The number of anilines is 1. The van der Waals surface area contributed by atoms with Crippen molar-refractivity contribution in [2.75, 3.05) is 11.1 Å². The smallest absolute Gasteiger partial charge is 0.293 e. The molecule has 7 heteroatoms. The van der Waals surface area contributed by atoms with Gasteiger partial charge in [-0.05, 0) is 12.1 Å². The summed E-state index contributed by atoms with van der Waals surface area (Å²) in [7, 11) is 0. The Bertz CT molecular complexity index is 491. The van der Waals surface area contributed by atoms with Gasteiger partial charge in [0.15, 0.2) is 0 Å². The van der Waals surface area contributed by atoms with Gasteiger partial charge in [-0.25, -0.2) is 0 Å². The summed E-state index contributed by atoms with van der Waals surface area (Å²) in [6.07, 6.45) is 1.74. The molecule has 0 bridgehead atoms. The fourth-order valence-corrected chi connectivity index (χ4v) is 2.17. The number of amides is 1. The molecule has 0 aliphatic rings. The van der Waals surface area contributed by atoms with Crippen LogP contribution < -0.4 is 5.32 Å². The summed E-state index contributed by atoms with van der Waals surface area (Å²) in [5, 5.41) is 13.3. The van der Waals surface area contributed by atoms with Gasteiger partial charge in [0, 0.05) is 29.2 Å². The molecule has 96 valence electrons. The summed E-state index contributed by atoms with van der Waals surface area (Å²) in [4.78, 5) is 22.0. The van der Waals surface area contributed by atoms with Gasteiger partial charge in [0.2, 0.25) is 5.91 Å². The number of hydrogen-bond donors (Lipinski definition) is 1. The molecule has 0 aliphatic heterocycles. The maximum Gasteiger partial charge on any atom is 0.293 e. The molecular weight excluding hydrogens is 276 g/mol. The lowest BCUT2D eigenvalue weighted by Crippen LogP contribution is -2.07. The molecule has 0 aliphatic carbocycles. The molecule has 0 radical (unpaired) electrons. The standard InChI is InChI=1S/C11H11ClN2O3S/c1-8(15)13-10-4-3-9(18-6-2-5-12)7-11(10)14(16)17/h2-5,7H,6H2,1H3,(H,13,15)/b5-2+. The number of nitro benzene ring substituents is 1. The summed E-state index contributed by atoms with van der Waals surface area (Å²) in [6.45, 7) is 1.30. The number of nitrogens with one attached hydrogen (secondary N) is 1. The van der Waals surface area contributed by atoms with Gasteiger partial charge in [0.25, 0.3) is 5.69 Å². The van der Waals surface area contributed by atoms with Crippen molar-refractivity contribution in [2.24, 2.45) is 0 Å². The first-order chi connectivity index (χ1) is 8.54. The number of carbonyl (C=O) groups is 1. The van der Waals surface area contributed by atoms with Crippen LogP contribution in [0, 0.1) is 10.1 Å². The Hall–Kier alpha value is -1.53. The van der Waals surface area contributed by atoms with E-state index in [0.717, 1.165) is 4.90 Å². The Morgan fingerprint density at radius 1 is 1.61 bits per heavy atom. The molecule has 0 atom stereocenters. The Morgan fingerprint density at radius 3 is 2.89 bits per heavy atom. The van der Waals surface area contributed by atoms with Crippen molar-refractivity contribution in [2.45, 2.75) is 11.8 Å². The summed E-state index contributed by atoms with van der Waals surface area (Å²) in [5.74, 6) is 0.281. The van der Waals surface area contributed by atoms with Crippen molar-refractivity contribution in [1.29, 1.82) is 0 Å². The van der Waals surface area contributed by atoms with Gasteiger partial charge in [0.05, 0.1) is 4.92 Å². The highest BCUT2D eigenvalue weighted by molar-refractivity contribution is 7.99. The maximum atomic E-state index is 10.9. The third kappa shape index (κ3) is 4.38. The van der Waals surface area contributed by atoms with Crippen LogP contribution in [0.3, 0.4) is 0 Å². The molecule has 18 heavy (non-hydrogen) atoms. The molecule has 0 saturated carbocycles. The van der Waals surface area contributed by atoms with E-state index in [-0.39, 0.29) is 17.3 Å². The first-order valence-electron chi connectivity index (χ1n) is 4.98. The number of halogens is 1. The van der Waals surface area contributed by atoms with Crippen molar-refractivity contribution >= 4 is 40.6 Å². The molecule has 1 aromatic rings. The predicted octanol–water partition coefficient (Wildman–Crippen LogP) is 3.40. The van der Waals surface area contributed by atoms with E-state index in [2.05, 4.69) is 5.32 Å². The molecule has 0 saturated heterocycles. The second-order valence-corrected chi connectivity index (χ2v) is 4.64. The minimum atomic E-state index is -0.521. The zero-order chi connectivity index (χ0) is 13.5. The number of nitrogens with zero attached hydrogens (tertiary/aromatic N) is 1. The third-order valence-corrected chi connectivity index (χ3v) is 3.04. The molecule has 1 aromatic carbocycles. The number of thioether (sulfide) groups is 1. The highest BCUT2D eigenvalue weighted by Gasteiger charge is 2.15. The van der Waals surface area contributed by atoms with Crippen LogP contribution in [0.5, 0.6) is 0 Å². The van der Waals surface area contributed by atoms with E-state index in [9.17, 15) is 14.9 Å². The van der Waals surface area contributed by atoms with E-state index < -0.39 is 4.92 Å². The van der Waals surface area contributed by atoms with E-state index >= 15 is 0 Å². The predicted molar refractivity (Wildman–Crippen MR) is 73.1 cm³/mol. The molecular formula is C11H11ClN2O3S. The SMILES string of the molecule is CC(=O)Nc1ccc(SC/C=C/Cl)cc1[N+](=O)[O-]. The van der Waals surface area contributed by atoms with Gasteiger partial charge < -0.3 is 5.32 Å². The molecule has 1 amide bonds. The van der Waals surface area contributed by atoms with E-state index in [1.165, 1.54) is 36.4 Å². The van der Waals surface area contributed by atoms with Crippen LogP contribution in [-0.4, -0.2) is 16.6 Å². The van der Waals surface area contributed by atoms with Crippen molar-refractivity contribution < 1.29 is 9.72 Å². The first kappa shape index (κ1) is 14.5. The van der Waals surface area contributed by atoms with Gasteiger partial charge in [-0.15, -0.1) is 11.8 Å². The molecule has 0 unspecified atom stereocenters. The van der Waals surface area contributed by atoms with Crippen LogP contribution in [-0.2, 0) is 4.79 Å². The van der Waals surface area contributed by atoms with Gasteiger partial charge in [-0.2, -0.15) is 0 Å². The average Bonchev–Trinajstić information content (AvgIpc) is 2.30. The Labute approximate surface area is 113 Å². The fraction of sp³-hybridized carbons (Fsp3) is 0.182. The minimum absolute atomic E-state index is 0.120. The maximum absolute atomic E-state index is 10.9. The summed E-state index contributed by atoms with van der Waals surface area (Å²) in [6, 6.07) is 4.66. The second kappa shape index (κ2) is 7.03. The first-order valence-corrected chi connectivity index (χ1v) is 6.41. The molecule has 1 rings (SSSR count). The van der Waals surface area contributed by atoms with Crippen molar-refractivity contribution in [3.8, 4) is 0 Å². The number of nitro groups is 1. The Balaban J connectivity index is 2.95. The molecule has 5 nitrogen and oxygen atoms in total. The largest absolute Gasteiger partial charge is 0.321 e. The molecule has 0 aromatic heterocycles. The van der Waals surface area contributed by atoms with E-state index in [1.54, 1.807) is 12.1 Å². The number of benzene rings is 1. The number of carbonyl (C=O) groups excluding carboxylic acids is 1. The zero-order valence-electron chi connectivity index (χ0n) is 9.55. The second-order valence-electron chi connectivity index (χ2n) is 3.29. The topological polar surface area (TPSA) is 72.2 Å². The highest BCUT2D eigenvalue weighted by atomic mass is 35.5. The number of rotatable bonds is 5. The Kier molecular flexibility index (Phi) is 5.67. The van der Waals surface area contributed by atoms with E-state index in [1.807, 2.05) is 0 Å². The van der Waals surface area contributed by atoms with Crippen molar-refractivity contribution in [3.63, 3.8) is 0 Å². The normalized spacial score (nSPS) is 10.6. The highest BCUT2D eigenvalue weighted by Crippen LogP contribution is 2.30. The summed E-state index contributed by atoms with van der Waals surface area (Å²) >= 11 is 6.80. The van der Waals surface area contributed by atoms with Crippen LogP contribution in [0.2, 0.25) is 0 Å². The van der Waals surface area contributed by atoms with Gasteiger partial charge in [-0.1, -0.05) is 17.7 Å². The lowest BCUT2D eigenvalue weighted by molar-refractivity contribution is -0.384. The van der Waals surface area contributed by atoms with Gasteiger partial charge in [-0.3, -0.25) is 14.9 Å². The van der Waals surface area contributed by atoms with Crippen LogP contribution >= 0.6 is 23.4 Å². The molecule has 1 N–H and O–H groups in total. The van der Waals surface area contributed by atoms with Crippen LogP contribution in [0.4, 0.5) is 11.4 Å². The van der Waals surface area contributed by atoms with Crippen LogP contribution in [0.15, 0.2) is 34.7 Å². The lowest BCUT2D eigenvalue weighted by Gasteiger charge is -2.05. The van der Waals surface area contributed by atoms with Gasteiger partial charge >= 0.3 is 0 Å². The summed E-state index contributed by atoms with van der Waals surface area (Å²) in [5.41, 5.74) is 1.47.